The zero-order chi connectivity index (χ0) is 8.43. The van der Waals surface area contributed by atoms with E-state index in [0.717, 1.165) is 5.56 Å². The molecule has 0 fully saturated rings. The standard InChI is InChI=1S/C6H8BNO3/c1-4-2-5(9)6(7(10)11)8-3-4/h2-3,9-11H,1H3. The van der Waals surface area contributed by atoms with Gasteiger partial charge in [0.15, 0.2) is 0 Å². The first-order valence-electron chi connectivity index (χ1n) is 3.13. The van der Waals surface area contributed by atoms with Crippen LogP contribution in [0.15, 0.2) is 12.3 Å². The molecule has 1 rings (SSSR count). The molecule has 0 amide bonds. The summed E-state index contributed by atoms with van der Waals surface area (Å²) in [4.78, 5) is 3.63. The average Bonchev–Trinajstić information content (AvgIpc) is 1.85. The fourth-order valence-corrected chi connectivity index (χ4v) is 0.763. The van der Waals surface area contributed by atoms with Gasteiger partial charge in [0, 0.05) is 6.20 Å². The Morgan fingerprint density at radius 2 is 2.09 bits per heavy atom. The van der Waals surface area contributed by atoms with Crippen LogP contribution in [0.2, 0.25) is 0 Å². The molecule has 0 aliphatic rings. The van der Waals surface area contributed by atoms with Gasteiger partial charge in [-0.15, -0.1) is 0 Å². The minimum absolute atomic E-state index is 0.115. The molecule has 0 aliphatic heterocycles. The van der Waals surface area contributed by atoms with E-state index >= 15 is 0 Å². The molecule has 0 unspecified atom stereocenters. The fraction of sp³-hybridized carbons (Fsp3) is 0.167. The normalized spacial score (nSPS) is 9.73. The van der Waals surface area contributed by atoms with Gasteiger partial charge in [0.25, 0.3) is 0 Å². The fourth-order valence-electron chi connectivity index (χ4n) is 0.763. The van der Waals surface area contributed by atoms with Crippen LogP contribution in [0.3, 0.4) is 0 Å². The number of aromatic hydroxyl groups is 1. The van der Waals surface area contributed by atoms with Crippen molar-refractivity contribution in [1.82, 2.24) is 4.98 Å². The lowest BCUT2D eigenvalue weighted by molar-refractivity contribution is 0.417. The lowest BCUT2D eigenvalue weighted by Gasteiger charge is -2.01. The largest absolute Gasteiger partial charge is 0.512 e. The topological polar surface area (TPSA) is 73.6 Å². The zero-order valence-electron chi connectivity index (χ0n) is 6.02. The lowest BCUT2D eigenvalue weighted by atomic mass is 9.85. The summed E-state index contributed by atoms with van der Waals surface area (Å²) in [7, 11) is -1.71. The molecule has 0 saturated carbocycles. The first-order valence-corrected chi connectivity index (χ1v) is 3.13. The van der Waals surface area contributed by atoms with Crippen LogP contribution in [0, 0.1) is 6.92 Å². The molecule has 0 saturated heterocycles. The van der Waals surface area contributed by atoms with Gasteiger partial charge in [0.2, 0.25) is 0 Å². The summed E-state index contributed by atoms with van der Waals surface area (Å²) in [6.07, 6.45) is 1.45. The Bertz CT molecular complexity index is 264. The highest BCUT2D eigenvalue weighted by Gasteiger charge is 2.17. The molecular formula is C6H8BNO3. The SMILES string of the molecule is Cc1cnc(B(O)O)c(O)c1. The van der Waals surface area contributed by atoms with Crippen molar-refractivity contribution in [1.29, 1.82) is 0 Å². The van der Waals surface area contributed by atoms with E-state index in [0.29, 0.717) is 0 Å². The van der Waals surface area contributed by atoms with E-state index in [1.165, 1.54) is 12.3 Å². The van der Waals surface area contributed by atoms with Gasteiger partial charge in [-0.2, -0.15) is 0 Å². The van der Waals surface area contributed by atoms with Crippen molar-refractivity contribution >= 4 is 12.7 Å². The number of aromatic nitrogens is 1. The summed E-state index contributed by atoms with van der Waals surface area (Å²) in [5.74, 6) is -0.194. The zero-order valence-corrected chi connectivity index (χ0v) is 6.02. The maximum Gasteiger partial charge on any atom is 0.512 e. The molecule has 0 spiro atoms. The van der Waals surface area contributed by atoms with Crippen LogP contribution in [0.5, 0.6) is 5.75 Å². The van der Waals surface area contributed by atoms with E-state index in [2.05, 4.69) is 4.98 Å². The Labute approximate surface area is 64.3 Å². The summed E-state index contributed by atoms with van der Waals surface area (Å²) in [6, 6.07) is 1.42. The van der Waals surface area contributed by atoms with Gasteiger partial charge >= 0.3 is 7.12 Å². The molecule has 1 aromatic rings. The molecule has 0 aromatic carbocycles. The van der Waals surface area contributed by atoms with E-state index < -0.39 is 7.12 Å². The number of aryl methyl sites for hydroxylation is 1. The molecule has 3 N–H and O–H groups in total. The molecule has 0 atom stereocenters. The van der Waals surface area contributed by atoms with Gasteiger partial charge in [0.1, 0.15) is 11.3 Å². The third-order valence-electron chi connectivity index (χ3n) is 1.28. The second-order valence-corrected chi connectivity index (χ2v) is 2.29. The van der Waals surface area contributed by atoms with Crippen LogP contribution < -0.4 is 5.59 Å². The Morgan fingerprint density at radius 1 is 1.45 bits per heavy atom. The van der Waals surface area contributed by atoms with E-state index in [4.69, 9.17) is 15.2 Å². The van der Waals surface area contributed by atoms with E-state index in [1.807, 2.05) is 0 Å². The highest BCUT2D eigenvalue weighted by molar-refractivity contribution is 6.58. The van der Waals surface area contributed by atoms with Crippen molar-refractivity contribution in [2.75, 3.05) is 0 Å². The lowest BCUT2D eigenvalue weighted by Crippen LogP contribution is -2.32. The summed E-state index contributed by atoms with van der Waals surface area (Å²) in [5.41, 5.74) is 0.655. The van der Waals surface area contributed by atoms with Gasteiger partial charge < -0.3 is 15.2 Å². The van der Waals surface area contributed by atoms with Crippen molar-refractivity contribution in [3.8, 4) is 5.75 Å². The van der Waals surface area contributed by atoms with E-state index in [-0.39, 0.29) is 11.3 Å². The Hall–Kier alpha value is -1.07. The molecule has 1 heterocycles. The van der Waals surface area contributed by atoms with Crippen LogP contribution in [0.4, 0.5) is 0 Å². The highest BCUT2D eigenvalue weighted by Crippen LogP contribution is 2.05. The Kier molecular flexibility index (Phi) is 2.12. The van der Waals surface area contributed by atoms with Gasteiger partial charge in [-0.05, 0) is 18.6 Å². The number of nitrogens with zero attached hydrogens (tertiary/aromatic N) is 1. The third kappa shape index (κ3) is 1.69. The molecule has 11 heavy (non-hydrogen) atoms. The van der Waals surface area contributed by atoms with Gasteiger partial charge in [-0.3, -0.25) is 4.98 Å². The first-order chi connectivity index (χ1) is 5.11. The second kappa shape index (κ2) is 2.90. The smallest absolute Gasteiger partial charge is 0.507 e. The third-order valence-corrected chi connectivity index (χ3v) is 1.28. The van der Waals surface area contributed by atoms with Crippen LogP contribution in [0.25, 0.3) is 0 Å². The summed E-state index contributed by atoms with van der Waals surface area (Å²) < 4.78 is 0. The Morgan fingerprint density at radius 3 is 2.55 bits per heavy atom. The van der Waals surface area contributed by atoms with Crippen molar-refractivity contribution in [2.45, 2.75) is 6.92 Å². The van der Waals surface area contributed by atoms with Crippen LogP contribution >= 0.6 is 0 Å². The molecule has 0 bridgehead atoms. The molecule has 5 heteroatoms. The molecular weight excluding hydrogens is 145 g/mol. The Balaban J connectivity index is 3.09. The molecule has 58 valence electrons. The van der Waals surface area contributed by atoms with Crippen LogP contribution in [-0.4, -0.2) is 27.3 Å². The average molecular weight is 153 g/mol. The summed E-state index contributed by atoms with van der Waals surface area (Å²) in [5, 5.41) is 26.3. The summed E-state index contributed by atoms with van der Waals surface area (Å²) in [6.45, 7) is 1.75. The predicted molar refractivity (Wildman–Crippen MR) is 40.5 cm³/mol. The first kappa shape index (κ1) is 8.04. The molecule has 0 aliphatic carbocycles. The maximum absolute atomic E-state index is 9.08. The molecule has 4 nitrogen and oxygen atoms in total. The van der Waals surface area contributed by atoms with Gasteiger partial charge in [-0.1, -0.05) is 0 Å². The second-order valence-electron chi connectivity index (χ2n) is 2.29. The van der Waals surface area contributed by atoms with Gasteiger partial charge in [-0.25, -0.2) is 0 Å². The van der Waals surface area contributed by atoms with Crippen molar-refractivity contribution < 1.29 is 15.2 Å². The van der Waals surface area contributed by atoms with Crippen LogP contribution in [-0.2, 0) is 0 Å². The number of hydrogen-bond acceptors (Lipinski definition) is 4. The van der Waals surface area contributed by atoms with E-state index in [1.54, 1.807) is 6.92 Å². The molecule has 1 aromatic heterocycles. The number of pyridine rings is 1. The van der Waals surface area contributed by atoms with Gasteiger partial charge in [0.05, 0.1) is 0 Å². The number of rotatable bonds is 1. The minimum Gasteiger partial charge on any atom is -0.507 e. The van der Waals surface area contributed by atoms with Crippen LogP contribution in [0.1, 0.15) is 5.56 Å². The molecule has 0 radical (unpaired) electrons. The quantitative estimate of drug-likeness (QED) is 0.442. The monoisotopic (exact) mass is 153 g/mol. The van der Waals surface area contributed by atoms with E-state index in [9.17, 15) is 0 Å². The number of hydrogen-bond donors (Lipinski definition) is 3. The highest BCUT2D eigenvalue weighted by atomic mass is 16.4. The van der Waals surface area contributed by atoms with Crippen molar-refractivity contribution in [2.24, 2.45) is 0 Å². The summed E-state index contributed by atoms with van der Waals surface area (Å²) >= 11 is 0. The minimum atomic E-state index is -1.71. The van der Waals surface area contributed by atoms with Crippen molar-refractivity contribution in [3.05, 3.63) is 17.8 Å². The predicted octanol–water partition coefficient (Wildman–Crippen LogP) is -1.22. The maximum atomic E-state index is 9.08. The van der Waals surface area contributed by atoms with Crippen molar-refractivity contribution in [3.63, 3.8) is 0 Å².